The summed E-state index contributed by atoms with van der Waals surface area (Å²) in [5, 5.41) is 5.67. The molecular formula is C24H31N3O4S. The number of nitrogens with one attached hydrogen (secondary N) is 2. The van der Waals surface area contributed by atoms with E-state index in [1.807, 2.05) is 38.1 Å². The van der Waals surface area contributed by atoms with Gasteiger partial charge >= 0.3 is 0 Å². The smallest absolute Gasteiger partial charge is 0.243 e. The summed E-state index contributed by atoms with van der Waals surface area (Å²) in [6.07, 6.45) is 1.79. The summed E-state index contributed by atoms with van der Waals surface area (Å²) in [4.78, 5) is 24.4. The van der Waals surface area contributed by atoms with Gasteiger partial charge in [0.15, 0.2) is 0 Å². The third-order valence-corrected chi connectivity index (χ3v) is 7.75. The minimum absolute atomic E-state index is 0.0252. The van der Waals surface area contributed by atoms with Gasteiger partial charge in [0.05, 0.1) is 10.9 Å². The molecule has 0 aliphatic carbocycles. The Morgan fingerprint density at radius 2 is 1.75 bits per heavy atom. The van der Waals surface area contributed by atoms with Crippen molar-refractivity contribution in [2.45, 2.75) is 63.4 Å². The number of nitrogens with zero attached hydrogens (tertiary/aromatic N) is 1. The minimum Gasteiger partial charge on any atom is -0.354 e. The van der Waals surface area contributed by atoms with Crippen LogP contribution < -0.4 is 10.6 Å². The van der Waals surface area contributed by atoms with E-state index in [0.717, 1.165) is 17.5 Å². The van der Waals surface area contributed by atoms with E-state index >= 15 is 0 Å². The molecule has 0 saturated heterocycles. The number of amides is 2. The van der Waals surface area contributed by atoms with Gasteiger partial charge < -0.3 is 10.6 Å². The van der Waals surface area contributed by atoms with Crippen LogP contribution in [0.15, 0.2) is 53.4 Å². The lowest BCUT2D eigenvalue weighted by Crippen LogP contribution is -2.43. The highest BCUT2D eigenvalue weighted by Gasteiger charge is 2.37. The fourth-order valence-electron chi connectivity index (χ4n) is 3.83. The van der Waals surface area contributed by atoms with Crippen molar-refractivity contribution in [3.8, 4) is 0 Å². The normalized spacial score (nSPS) is 17.3. The van der Waals surface area contributed by atoms with Gasteiger partial charge in [-0.3, -0.25) is 9.59 Å². The van der Waals surface area contributed by atoms with E-state index < -0.39 is 16.1 Å². The molecule has 0 saturated carbocycles. The van der Waals surface area contributed by atoms with Crippen LogP contribution in [0.4, 0.5) is 5.69 Å². The molecule has 2 N–H and O–H groups in total. The van der Waals surface area contributed by atoms with Crippen molar-refractivity contribution in [3.05, 3.63) is 59.7 Å². The zero-order valence-corrected chi connectivity index (χ0v) is 19.6. The number of carbonyl (C=O) groups excluding carboxylic acids is 2. The fourth-order valence-corrected chi connectivity index (χ4v) is 5.44. The Morgan fingerprint density at radius 1 is 1.06 bits per heavy atom. The molecular weight excluding hydrogens is 426 g/mol. The number of hydrogen-bond acceptors (Lipinski definition) is 4. The summed E-state index contributed by atoms with van der Waals surface area (Å²) in [5.41, 5.74) is 2.48. The molecule has 1 aliphatic rings. The molecule has 2 amide bonds. The maximum Gasteiger partial charge on any atom is 0.243 e. The first-order chi connectivity index (χ1) is 15.3. The highest BCUT2D eigenvalue weighted by Crippen LogP contribution is 2.36. The number of carbonyl (C=O) groups is 2. The second kappa shape index (κ2) is 10.3. The third-order valence-electron chi connectivity index (χ3n) is 5.83. The van der Waals surface area contributed by atoms with Crippen molar-refractivity contribution < 1.29 is 18.0 Å². The van der Waals surface area contributed by atoms with Crippen LogP contribution in [0.3, 0.4) is 0 Å². The third kappa shape index (κ3) is 5.37. The maximum absolute atomic E-state index is 13.6. The Kier molecular flexibility index (Phi) is 7.69. The van der Waals surface area contributed by atoms with Gasteiger partial charge in [-0.1, -0.05) is 38.1 Å². The molecule has 3 rings (SSSR count). The van der Waals surface area contributed by atoms with Crippen molar-refractivity contribution in [1.29, 1.82) is 0 Å². The van der Waals surface area contributed by atoms with Gasteiger partial charge in [0.2, 0.25) is 21.8 Å². The maximum atomic E-state index is 13.6. The largest absolute Gasteiger partial charge is 0.354 e. The van der Waals surface area contributed by atoms with E-state index in [9.17, 15) is 18.0 Å². The fraction of sp³-hybridized carbons (Fsp3) is 0.417. The monoisotopic (exact) mass is 457 g/mol. The topological polar surface area (TPSA) is 95.6 Å². The van der Waals surface area contributed by atoms with Gasteiger partial charge in [-0.15, -0.1) is 0 Å². The standard InChI is InChI=1S/C24H31N3O4S/c1-4-17(3)25-24(29)16-22-21-9-7-6-8-18(21)14-15-27(22)32(30,31)20-12-10-19(11-13-20)26-23(28)5-2/h6-13,17,22H,4-5,14-16H2,1-3H3,(H,25,29)(H,26,28)/t17-,22-/m0/s1. The lowest BCUT2D eigenvalue weighted by Gasteiger charge is -2.36. The molecule has 0 radical (unpaired) electrons. The Bertz CT molecular complexity index is 1070. The first-order valence-corrected chi connectivity index (χ1v) is 12.5. The lowest BCUT2D eigenvalue weighted by atomic mass is 9.92. The number of anilines is 1. The van der Waals surface area contributed by atoms with Gasteiger partial charge in [-0.25, -0.2) is 8.42 Å². The van der Waals surface area contributed by atoms with Crippen LogP contribution in [-0.2, 0) is 26.0 Å². The number of benzene rings is 2. The molecule has 2 atom stereocenters. The van der Waals surface area contributed by atoms with E-state index in [4.69, 9.17) is 0 Å². The average Bonchev–Trinajstić information content (AvgIpc) is 2.79. The number of rotatable bonds is 8. The average molecular weight is 458 g/mol. The molecule has 32 heavy (non-hydrogen) atoms. The van der Waals surface area contributed by atoms with Crippen LogP contribution in [0.5, 0.6) is 0 Å². The molecule has 2 aromatic carbocycles. The van der Waals surface area contributed by atoms with Crippen LogP contribution in [0.1, 0.15) is 57.2 Å². The second-order valence-corrected chi connectivity index (χ2v) is 9.98. The highest BCUT2D eigenvalue weighted by atomic mass is 32.2. The molecule has 0 bridgehead atoms. The molecule has 0 aromatic heterocycles. The van der Waals surface area contributed by atoms with Crippen molar-refractivity contribution in [3.63, 3.8) is 0 Å². The summed E-state index contributed by atoms with van der Waals surface area (Å²) < 4.78 is 28.6. The molecule has 8 heteroatoms. The summed E-state index contributed by atoms with van der Waals surface area (Å²) >= 11 is 0. The zero-order chi connectivity index (χ0) is 23.3. The van der Waals surface area contributed by atoms with Crippen LogP contribution >= 0.6 is 0 Å². The Labute approximate surface area is 190 Å². The lowest BCUT2D eigenvalue weighted by molar-refractivity contribution is -0.122. The quantitative estimate of drug-likeness (QED) is 0.633. The Balaban J connectivity index is 1.91. The molecule has 1 aliphatic heterocycles. The minimum atomic E-state index is -3.84. The van der Waals surface area contributed by atoms with E-state index in [1.165, 1.54) is 16.4 Å². The van der Waals surface area contributed by atoms with E-state index in [1.54, 1.807) is 19.1 Å². The first-order valence-electron chi connectivity index (χ1n) is 11.0. The molecule has 7 nitrogen and oxygen atoms in total. The SMILES string of the molecule is CCC(=O)Nc1ccc(S(=O)(=O)N2CCc3ccccc3[C@@H]2CC(=O)N[C@@H](C)CC)cc1. The molecule has 2 aromatic rings. The van der Waals surface area contributed by atoms with Gasteiger partial charge in [-0.05, 0) is 55.2 Å². The summed E-state index contributed by atoms with van der Waals surface area (Å²) in [6, 6.07) is 13.3. The summed E-state index contributed by atoms with van der Waals surface area (Å²) in [6.45, 7) is 5.97. The van der Waals surface area contributed by atoms with Gasteiger partial charge in [0.1, 0.15) is 0 Å². The second-order valence-electron chi connectivity index (χ2n) is 8.09. The van der Waals surface area contributed by atoms with Crippen LogP contribution in [0.25, 0.3) is 0 Å². The van der Waals surface area contributed by atoms with Gasteiger partial charge in [0, 0.05) is 31.1 Å². The van der Waals surface area contributed by atoms with Crippen LogP contribution in [0.2, 0.25) is 0 Å². The van der Waals surface area contributed by atoms with E-state index in [0.29, 0.717) is 25.1 Å². The van der Waals surface area contributed by atoms with E-state index in [2.05, 4.69) is 10.6 Å². The highest BCUT2D eigenvalue weighted by molar-refractivity contribution is 7.89. The van der Waals surface area contributed by atoms with Crippen molar-refractivity contribution >= 4 is 27.5 Å². The molecule has 0 spiro atoms. The first kappa shape index (κ1) is 23.9. The predicted molar refractivity (Wildman–Crippen MR) is 125 cm³/mol. The van der Waals surface area contributed by atoms with Crippen molar-refractivity contribution in [2.24, 2.45) is 0 Å². The molecule has 1 heterocycles. The number of fused-ring (bicyclic) bond motifs is 1. The summed E-state index contributed by atoms with van der Waals surface area (Å²) in [7, 11) is -3.84. The van der Waals surface area contributed by atoms with Crippen molar-refractivity contribution in [1.82, 2.24) is 9.62 Å². The predicted octanol–water partition coefficient (Wildman–Crippen LogP) is 3.63. The van der Waals surface area contributed by atoms with Gasteiger partial charge in [-0.2, -0.15) is 4.31 Å². The number of hydrogen-bond donors (Lipinski definition) is 2. The molecule has 0 fully saturated rings. The summed E-state index contributed by atoms with van der Waals surface area (Å²) in [5.74, 6) is -0.306. The Morgan fingerprint density at radius 3 is 2.41 bits per heavy atom. The van der Waals surface area contributed by atoms with E-state index in [-0.39, 0.29) is 29.2 Å². The zero-order valence-electron chi connectivity index (χ0n) is 18.8. The Hall–Kier alpha value is -2.71. The number of sulfonamides is 1. The van der Waals surface area contributed by atoms with Gasteiger partial charge in [0.25, 0.3) is 0 Å². The van der Waals surface area contributed by atoms with Crippen LogP contribution in [0, 0.1) is 0 Å². The molecule has 172 valence electrons. The van der Waals surface area contributed by atoms with Crippen molar-refractivity contribution in [2.75, 3.05) is 11.9 Å². The van der Waals surface area contributed by atoms with Crippen LogP contribution in [-0.4, -0.2) is 37.1 Å². The molecule has 0 unspecified atom stereocenters.